The van der Waals surface area contributed by atoms with Gasteiger partial charge < -0.3 is 19.4 Å². The van der Waals surface area contributed by atoms with Crippen LogP contribution in [0.5, 0.6) is 5.75 Å². The smallest absolute Gasteiger partial charge is 0.337 e. The first kappa shape index (κ1) is 21.2. The Kier molecular flexibility index (Phi) is 6.16. The van der Waals surface area contributed by atoms with Gasteiger partial charge in [0.25, 0.3) is 0 Å². The number of hydrogen-bond acceptors (Lipinski definition) is 5. The molecule has 1 aliphatic carbocycles. The van der Waals surface area contributed by atoms with Gasteiger partial charge in [-0.2, -0.15) is 0 Å². The highest BCUT2D eigenvalue weighted by Gasteiger charge is 2.25. The van der Waals surface area contributed by atoms with Crippen LogP contribution in [0.2, 0.25) is 0 Å². The number of carbonyl (C=O) groups is 1. The molecule has 4 rings (SSSR count). The Hall–Kier alpha value is -3.02. The maximum Gasteiger partial charge on any atom is 0.337 e. The van der Waals surface area contributed by atoms with Crippen molar-refractivity contribution < 1.29 is 14.3 Å². The van der Waals surface area contributed by atoms with E-state index in [1.54, 1.807) is 0 Å². The number of imidazole rings is 1. The van der Waals surface area contributed by atoms with Gasteiger partial charge in [-0.1, -0.05) is 19.8 Å². The third-order valence-corrected chi connectivity index (χ3v) is 5.87. The van der Waals surface area contributed by atoms with Crippen molar-refractivity contribution in [1.29, 1.82) is 0 Å². The average Bonchev–Trinajstić information content (AvgIpc) is 3.11. The van der Waals surface area contributed by atoms with Gasteiger partial charge in [0, 0.05) is 11.7 Å². The number of aromatic nitrogens is 2. The topological polar surface area (TPSA) is 65.4 Å². The summed E-state index contributed by atoms with van der Waals surface area (Å²) in [5.41, 5.74) is 3.29. The van der Waals surface area contributed by atoms with Crippen molar-refractivity contribution in [3.63, 3.8) is 0 Å². The van der Waals surface area contributed by atoms with E-state index in [0.717, 1.165) is 41.3 Å². The minimum absolute atomic E-state index is 0.139. The van der Waals surface area contributed by atoms with Crippen LogP contribution >= 0.6 is 0 Å². The highest BCUT2D eigenvalue weighted by Crippen LogP contribution is 2.37. The zero-order chi connectivity index (χ0) is 22.0. The molecule has 31 heavy (non-hydrogen) atoms. The lowest BCUT2D eigenvalue weighted by Gasteiger charge is -2.29. The largest absolute Gasteiger partial charge is 0.491 e. The molecule has 0 amide bonds. The summed E-state index contributed by atoms with van der Waals surface area (Å²) in [6, 6.07) is 13.9. The molecule has 1 saturated carbocycles. The summed E-state index contributed by atoms with van der Waals surface area (Å²) in [4.78, 5) is 16.9. The van der Waals surface area contributed by atoms with Crippen molar-refractivity contribution in [2.75, 3.05) is 12.4 Å². The van der Waals surface area contributed by atoms with Gasteiger partial charge in [0.15, 0.2) is 0 Å². The van der Waals surface area contributed by atoms with Gasteiger partial charge in [0.1, 0.15) is 5.75 Å². The summed E-state index contributed by atoms with van der Waals surface area (Å²) in [5.74, 6) is 1.98. The maximum atomic E-state index is 12.0. The Morgan fingerprint density at radius 1 is 1.16 bits per heavy atom. The molecule has 1 unspecified atom stereocenters. The van der Waals surface area contributed by atoms with Crippen LogP contribution < -0.4 is 10.1 Å². The van der Waals surface area contributed by atoms with Crippen LogP contribution in [0.25, 0.3) is 11.0 Å². The number of ether oxygens (including phenoxy) is 2. The number of nitrogens with one attached hydrogen (secondary N) is 1. The van der Waals surface area contributed by atoms with Crippen molar-refractivity contribution in [1.82, 2.24) is 9.55 Å². The molecule has 6 nitrogen and oxygen atoms in total. The Morgan fingerprint density at radius 2 is 1.94 bits per heavy atom. The van der Waals surface area contributed by atoms with Crippen molar-refractivity contribution in [3.8, 4) is 5.75 Å². The van der Waals surface area contributed by atoms with Gasteiger partial charge in [-0.05, 0) is 75.1 Å². The van der Waals surface area contributed by atoms with E-state index in [1.807, 2.05) is 56.3 Å². The number of carbonyl (C=O) groups excluding carboxylic acids is 1. The van der Waals surface area contributed by atoms with Gasteiger partial charge in [0.05, 0.1) is 29.8 Å². The lowest BCUT2D eigenvalue weighted by atomic mass is 9.87. The number of benzene rings is 2. The summed E-state index contributed by atoms with van der Waals surface area (Å²) in [5, 5.41) is 3.50. The van der Waals surface area contributed by atoms with Crippen LogP contribution in [0.3, 0.4) is 0 Å². The molecule has 1 aromatic heterocycles. The van der Waals surface area contributed by atoms with Crippen LogP contribution in [0, 0.1) is 5.92 Å². The van der Waals surface area contributed by atoms with Crippen molar-refractivity contribution in [2.45, 2.75) is 58.6 Å². The highest BCUT2D eigenvalue weighted by atomic mass is 16.5. The standard InChI is InChI=1S/C25H31N3O3/c1-16(2)31-21-11-9-19(10-12-21)26-25-27-22-15-18(24(29)30-4)8-13-23(22)28(25)20-7-5-6-17(3)14-20/h8-13,15-17,20H,5-7,14H2,1-4H3,(H,26,27)/t17?,20-/m0/s1. The van der Waals surface area contributed by atoms with Crippen molar-refractivity contribution >= 4 is 28.6 Å². The van der Waals surface area contributed by atoms with Gasteiger partial charge >= 0.3 is 5.97 Å². The summed E-state index contributed by atoms with van der Waals surface area (Å²) in [6.07, 6.45) is 4.88. The SMILES string of the molecule is COC(=O)c1ccc2c(c1)nc(Nc1ccc(OC(C)C)cc1)n2[C@H]1CCCC(C)C1. The fourth-order valence-electron chi connectivity index (χ4n) is 4.46. The fourth-order valence-corrected chi connectivity index (χ4v) is 4.46. The predicted octanol–water partition coefficient (Wildman–Crippen LogP) is 6.10. The quantitative estimate of drug-likeness (QED) is 0.487. The van der Waals surface area contributed by atoms with E-state index in [9.17, 15) is 4.79 Å². The number of nitrogens with zero attached hydrogens (tertiary/aromatic N) is 2. The number of methoxy groups -OCH3 is 1. The molecule has 1 N–H and O–H groups in total. The molecule has 0 aliphatic heterocycles. The molecule has 0 bridgehead atoms. The van der Waals surface area contributed by atoms with E-state index >= 15 is 0 Å². The number of esters is 1. The van der Waals surface area contributed by atoms with E-state index in [2.05, 4.69) is 16.8 Å². The second-order valence-electron chi connectivity index (χ2n) is 8.74. The van der Waals surface area contributed by atoms with Crippen LogP contribution in [0.1, 0.15) is 62.9 Å². The molecule has 3 aromatic rings. The van der Waals surface area contributed by atoms with Gasteiger partial charge in [-0.15, -0.1) is 0 Å². The van der Waals surface area contributed by atoms with Crippen molar-refractivity contribution in [3.05, 3.63) is 48.0 Å². The van der Waals surface area contributed by atoms with E-state index in [4.69, 9.17) is 14.5 Å². The third-order valence-electron chi connectivity index (χ3n) is 5.87. The predicted molar refractivity (Wildman–Crippen MR) is 123 cm³/mol. The molecular formula is C25H31N3O3. The third kappa shape index (κ3) is 4.68. The van der Waals surface area contributed by atoms with Crippen LogP contribution in [-0.4, -0.2) is 28.7 Å². The molecule has 164 valence electrons. The first-order valence-electron chi connectivity index (χ1n) is 11.1. The minimum Gasteiger partial charge on any atom is -0.491 e. The molecule has 0 radical (unpaired) electrons. The fraction of sp³-hybridized carbons (Fsp3) is 0.440. The van der Waals surface area contributed by atoms with E-state index in [1.165, 1.54) is 20.0 Å². The number of fused-ring (bicyclic) bond motifs is 1. The Labute approximate surface area is 183 Å². The lowest BCUT2D eigenvalue weighted by Crippen LogP contribution is -2.19. The van der Waals surface area contributed by atoms with Crippen LogP contribution in [-0.2, 0) is 4.74 Å². The number of anilines is 2. The summed E-state index contributed by atoms with van der Waals surface area (Å²) < 4.78 is 12.9. The Balaban J connectivity index is 1.71. The average molecular weight is 422 g/mol. The Bertz CT molecular complexity index is 1060. The summed E-state index contributed by atoms with van der Waals surface area (Å²) in [7, 11) is 1.40. The molecule has 1 heterocycles. The maximum absolute atomic E-state index is 12.0. The van der Waals surface area contributed by atoms with E-state index in [0.29, 0.717) is 17.5 Å². The lowest BCUT2D eigenvalue weighted by molar-refractivity contribution is 0.0601. The molecule has 6 heteroatoms. The molecule has 0 spiro atoms. The molecule has 1 aliphatic rings. The second-order valence-corrected chi connectivity index (χ2v) is 8.74. The van der Waals surface area contributed by atoms with Crippen LogP contribution in [0.15, 0.2) is 42.5 Å². The molecular weight excluding hydrogens is 390 g/mol. The zero-order valence-electron chi connectivity index (χ0n) is 18.7. The molecule has 2 atom stereocenters. The zero-order valence-corrected chi connectivity index (χ0v) is 18.7. The second kappa shape index (κ2) is 9.00. The van der Waals surface area contributed by atoms with Gasteiger partial charge in [-0.25, -0.2) is 9.78 Å². The molecule has 1 fully saturated rings. The first-order chi connectivity index (χ1) is 14.9. The summed E-state index contributed by atoms with van der Waals surface area (Å²) >= 11 is 0. The number of rotatable bonds is 6. The first-order valence-corrected chi connectivity index (χ1v) is 11.1. The minimum atomic E-state index is -0.349. The van der Waals surface area contributed by atoms with Gasteiger partial charge in [0.2, 0.25) is 5.95 Å². The van der Waals surface area contributed by atoms with Gasteiger partial charge in [-0.3, -0.25) is 0 Å². The van der Waals surface area contributed by atoms with Crippen LogP contribution in [0.4, 0.5) is 11.6 Å². The monoisotopic (exact) mass is 421 g/mol. The Morgan fingerprint density at radius 3 is 2.61 bits per heavy atom. The highest BCUT2D eigenvalue weighted by molar-refractivity contribution is 5.94. The normalized spacial score (nSPS) is 18.9. The molecule has 0 saturated heterocycles. The van der Waals surface area contributed by atoms with E-state index in [-0.39, 0.29) is 12.1 Å². The number of hydrogen-bond donors (Lipinski definition) is 1. The van der Waals surface area contributed by atoms with E-state index < -0.39 is 0 Å². The summed E-state index contributed by atoms with van der Waals surface area (Å²) in [6.45, 7) is 6.35. The van der Waals surface area contributed by atoms with Crippen molar-refractivity contribution in [2.24, 2.45) is 5.92 Å². The molecule has 2 aromatic carbocycles.